The topological polar surface area (TPSA) is 88.1 Å². The summed E-state index contributed by atoms with van der Waals surface area (Å²) in [5.41, 5.74) is 0.934. The highest BCUT2D eigenvalue weighted by molar-refractivity contribution is 7.59. The number of hydrogen-bond acceptors (Lipinski definition) is 7. The molecule has 0 amide bonds. The number of ether oxygens (including phenoxy) is 2. The SMILES string of the molecule is C=C1C(C(=O)OC)=C(C(=O)OC)C2CCCCC2=C1P1(=O)OCC(C)(C)CO1. The Morgan fingerprint density at radius 1 is 1.11 bits per heavy atom. The van der Waals surface area contributed by atoms with E-state index in [0.717, 1.165) is 18.4 Å². The van der Waals surface area contributed by atoms with Crippen LogP contribution >= 0.6 is 7.60 Å². The molecule has 0 spiro atoms. The summed E-state index contributed by atoms with van der Waals surface area (Å²) in [6.45, 7) is 8.45. The summed E-state index contributed by atoms with van der Waals surface area (Å²) in [4.78, 5) is 25.1. The van der Waals surface area contributed by atoms with E-state index in [1.165, 1.54) is 14.2 Å². The third-order valence-electron chi connectivity index (χ3n) is 5.44. The van der Waals surface area contributed by atoms with Crippen LogP contribution in [0.4, 0.5) is 0 Å². The van der Waals surface area contributed by atoms with Gasteiger partial charge in [-0.2, -0.15) is 0 Å². The van der Waals surface area contributed by atoms with Crippen LogP contribution in [-0.4, -0.2) is 39.4 Å². The molecule has 0 radical (unpaired) electrons. The van der Waals surface area contributed by atoms with Crippen molar-refractivity contribution in [1.82, 2.24) is 0 Å². The molecule has 0 aromatic carbocycles. The Kier molecular flexibility index (Phi) is 5.72. The molecule has 28 heavy (non-hydrogen) atoms. The molecule has 1 unspecified atom stereocenters. The summed E-state index contributed by atoms with van der Waals surface area (Å²) >= 11 is 0. The molecule has 8 heteroatoms. The summed E-state index contributed by atoms with van der Waals surface area (Å²) in [7, 11) is -1.18. The van der Waals surface area contributed by atoms with Crippen molar-refractivity contribution in [3.05, 3.63) is 34.2 Å². The lowest BCUT2D eigenvalue weighted by Crippen LogP contribution is -2.33. The highest BCUT2D eigenvalue weighted by atomic mass is 31.2. The van der Waals surface area contributed by atoms with Gasteiger partial charge in [0.15, 0.2) is 0 Å². The first-order valence-corrected chi connectivity index (χ1v) is 10.9. The van der Waals surface area contributed by atoms with Crippen LogP contribution in [0.2, 0.25) is 0 Å². The molecule has 0 aromatic rings. The molecule has 1 saturated carbocycles. The van der Waals surface area contributed by atoms with Gasteiger partial charge in [0.05, 0.1) is 43.9 Å². The Morgan fingerprint density at radius 3 is 2.29 bits per heavy atom. The van der Waals surface area contributed by atoms with Crippen LogP contribution in [0.15, 0.2) is 34.2 Å². The van der Waals surface area contributed by atoms with E-state index in [4.69, 9.17) is 18.5 Å². The fourth-order valence-electron chi connectivity index (χ4n) is 4.02. The van der Waals surface area contributed by atoms with Crippen LogP contribution in [-0.2, 0) is 32.7 Å². The lowest BCUT2D eigenvalue weighted by molar-refractivity contribution is -0.139. The molecule has 1 saturated heterocycles. The molecule has 0 N–H and O–H groups in total. The van der Waals surface area contributed by atoms with E-state index < -0.39 is 19.5 Å². The fourth-order valence-corrected chi connectivity index (χ4v) is 6.45. The monoisotopic (exact) mass is 410 g/mol. The van der Waals surface area contributed by atoms with Gasteiger partial charge in [0.2, 0.25) is 0 Å². The Morgan fingerprint density at radius 2 is 1.71 bits per heavy atom. The van der Waals surface area contributed by atoms with Gasteiger partial charge in [-0.15, -0.1) is 0 Å². The summed E-state index contributed by atoms with van der Waals surface area (Å²) < 4.78 is 35.0. The summed E-state index contributed by atoms with van der Waals surface area (Å²) in [6, 6.07) is 0. The van der Waals surface area contributed by atoms with Crippen molar-refractivity contribution in [3.8, 4) is 0 Å². The van der Waals surface area contributed by atoms with Gasteiger partial charge in [0, 0.05) is 11.3 Å². The second kappa shape index (κ2) is 7.62. The van der Waals surface area contributed by atoms with Gasteiger partial charge in [0.25, 0.3) is 0 Å². The zero-order valence-electron chi connectivity index (χ0n) is 16.8. The molecule has 2 aliphatic carbocycles. The molecular weight excluding hydrogens is 383 g/mol. The Labute approximate surface area is 165 Å². The van der Waals surface area contributed by atoms with Crippen molar-refractivity contribution in [3.63, 3.8) is 0 Å². The average molecular weight is 410 g/mol. The van der Waals surface area contributed by atoms with E-state index in [1.807, 2.05) is 13.8 Å². The zero-order chi connectivity index (χ0) is 20.7. The molecule has 2 fully saturated rings. The molecule has 1 atom stereocenters. The van der Waals surface area contributed by atoms with Gasteiger partial charge in [-0.3, -0.25) is 4.57 Å². The molecule has 154 valence electrons. The number of fused-ring (bicyclic) bond motifs is 1. The van der Waals surface area contributed by atoms with Crippen molar-refractivity contribution in [2.45, 2.75) is 39.5 Å². The number of methoxy groups -OCH3 is 2. The first-order valence-electron chi connectivity index (χ1n) is 9.38. The average Bonchev–Trinajstić information content (AvgIpc) is 2.68. The molecule has 1 heterocycles. The quantitative estimate of drug-likeness (QED) is 0.515. The molecule has 3 aliphatic rings. The standard InChI is InChI=1S/C20H27O7P/c1-12-15(18(21)24-4)16(19(22)25-5)13-8-6-7-9-14(13)17(12)28(23)26-10-20(2,3)11-27-28/h13H,1,6-11H2,2-5H3. The fraction of sp³-hybridized carbons (Fsp3) is 0.600. The van der Waals surface area contributed by atoms with E-state index in [-0.39, 0.29) is 41.3 Å². The second-order valence-electron chi connectivity index (χ2n) is 8.13. The number of carbonyl (C=O) groups excluding carboxylic acids is 2. The lowest BCUT2D eigenvalue weighted by atomic mass is 9.72. The number of hydrogen-bond donors (Lipinski definition) is 0. The van der Waals surface area contributed by atoms with Crippen molar-refractivity contribution in [2.75, 3.05) is 27.4 Å². The van der Waals surface area contributed by atoms with Crippen molar-refractivity contribution < 1.29 is 32.7 Å². The third kappa shape index (κ3) is 3.51. The number of allylic oxidation sites excluding steroid dienone is 2. The maximum atomic E-state index is 13.7. The van der Waals surface area contributed by atoms with Crippen LogP contribution < -0.4 is 0 Å². The predicted molar refractivity (Wildman–Crippen MR) is 102 cm³/mol. The first-order chi connectivity index (χ1) is 13.1. The van der Waals surface area contributed by atoms with Gasteiger partial charge in [-0.05, 0) is 30.4 Å². The van der Waals surface area contributed by atoms with Gasteiger partial charge >= 0.3 is 19.5 Å². The van der Waals surface area contributed by atoms with E-state index >= 15 is 0 Å². The van der Waals surface area contributed by atoms with E-state index in [2.05, 4.69) is 6.58 Å². The van der Waals surface area contributed by atoms with Crippen LogP contribution in [0.3, 0.4) is 0 Å². The number of rotatable bonds is 3. The van der Waals surface area contributed by atoms with Gasteiger partial charge in [-0.25, -0.2) is 9.59 Å². The van der Waals surface area contributed by atoms with Crippen LogP contribution in [0.25, 0.3) is 0 Å². The van der Waals surface area contributed by atoms with Crippen LogP contribution in [0.1, 0.15) is 39.5 Å². The van der Waals surface area contributed by atoms with Crippen molar-refractivity contribution >= 4 is 19.5 Å². The Balaban J connectivity index is 2.17. The molecule has 3 rings (SSSR count). The molecule has 0 bridgehead atoms. The summed E-state index contributed by atoms with van der Waals surface area (Å²) in [5.74, 6) is -1.70. The lowest BCUT2D eigenvalue weighted by Gasteiger charge is -2.40. The maximum absolute atomic E-state index is 13.7. The Bertz CT molecular complexity index is 819. The summed E-state index contributed by atoms with van der Waals surface area (Å²) in [6.07, 6.45) is 3.04. The highest BCUT2D eigenvalue weighted by Gasteiger charge is 2.49. The molecule has 7 nitrogen and oxygen atoms in total. The molecule has 0 aromatic heterocycles. The number of carbonyl (C=O) groups is 2. The van der Waals surface area contributed by atoms with Gasteiger partial charge in [0.1, 0.15) is 0 Å². The smallest absolute Gasteiger partial charge is 0.361 e. The van der Waals surface area contributed by atoms with Crippen molar-refractivity contribution in [1.29, 1.82) is 0 Å². The van der Waals surface area contributed by atoms with E-state index in [1.54, 1.807) is 0 Å². The van der Waals surface area contributed by atoms with Crippen molar-refractivity contribution in [2.24, 2.45) is 11.3 Å². The minimum absolute atomic E-state index is 0.00672. The molecule has 1 aliphatic heterocycles. The van der Waals surface area contributed by atoms with E-state index in [0.29, 0.717) is 18.2 Å². The summed E-state index contributed by atoms with van der Waals surface area (Å²) in [5, 5.41) is 0.334. The molecular formula is C20H27O7P. The minimum atomic E-state index is -3.68. The predicted octanol–water partition coefficient (Wildman–Crippen LogP) is 3.91. The number of esters is 2. The van der Waals surface area contributed by atoms with Gasteiger partial charge in [-0.1, -0.05) is 26.8 Å². The Hall–Kier alpha value is -1.69. The normalized spacial score (nSPS) is 26.6. The van der Waals surface area contributed by atoms with Crippen LogP contribution in [0, 0.1) is 11.3 Å². The third-order valence-corrected chi connectivity index (χ3v) is 7.48. The highest BCUT2D eigenvalue weighted by Crippen LogP contribution is 2.67. The van der Waals surface area contributed by atoms with E-state index in [9.17, 15) is 14.2 Å². The maximum Gasteiger partial charge on any atom is 0.361 e. The first kappa shape index (κ1) is 21.0. The largest absolute Gasteiger partial charge is 0.466 e. The minimum Gasteiger partial charge on any atom is -0.466 e. The van der Waals surface area contributed by atoms with Gasteiger partial charge < -0.3 is 18.5 Å². The van der Waals surface area contributed by atoms with Crippen LogP contribution in [0.5, 0.6) is 0 Å². The second-order valence-corrected chi connectivity index (χ2v) is 10.1. The zero-order valence-corrected chi connectivity index (χ0v) is 17.7.